The van der Waals surface area contributed by atoms with Gasteiger partial charge in [0.25, 0.3) is 11.8 Å². The Kier molecular flexibility index (Phi) is 11.6. The monoisotopic (exact) mass is 658 g/mol. The molecule has 2 fully saturated rings. The van der Waals surface area contributed by atoms with Gasteiger partial charge in [0, 0.05) is 37.2 Å². The van der Waals surface area contributed by atoms with E-state index in [2.05, 4.69) is 26.2 Å². The lowest BCUT2D eigenvalue weighted by atomic mass is 10.1. The molecule has 48 heavy (non-hydrogen) atoms. The summed E-state index contributed by atoms with van der Waals surface area (Å²) in [5.74, 6) is -1.11. The highest BCUT2D eigenvalue weighted by molar-refractivity contribution is 6.00. The summed E-state index contributed by atoms with van der Waals surface area (Å²) in [6.45, 7) is 5.68. The maximum absolute atomic E-state index is 13.6. The third-order valence-corrected chi connectivity index (χ3v) is 8.80. The Balaban J connectivity index is 1.17. The minimum absolute atomic E-state index is 0.110. The SMILES string of the molecule is CCC(NC(=O)C(C)N1CCCC[C@H](NC(=O)c2ccc(C(=O)N3CCOCC3)cc2)C1=O)C(=O)Cn1nnnc1Cc1ccccc1. The predicted molar refractivity (Wildman–Crippen MR) is 174 cm³/mol. The summed E-state index contributed by atoms with van der Waals surface area (Å²) >= 11 is 0. The van der Waals surface area contributed by atoms with E-state index < -0.39 is 29.9 Å². The molecule has 254 valence electrons. The van der Waals surface area contributed by atoms with E-state index in [9.17, 15) is 24.0 Å². The summed E-state index contributed by atoms with van der Waals surface area (Å²) in [7, 11) is 0. The molecule has 2 unspecified atom stereocenters. The van der Waals surface area contributed by atoms with Crippen molar-refractivity contribution >= 4 is 29.4 Å². The molecule has 0 radical (unpaired) electrons. The van der Waals surface area contributed by atoms with E-state index in [1.54, 1.807) is 43.0 Å². The van der Waals surface area contributed by atoms with Crippen molar-refractivity contribution in [3.8, 4) is 0 Å². The van der Waals surface area contributed by atoms with Crippen LogP contribution in [0.1, 0.15) is 71.6 Å². The van der Waals surface area contributed by atoms with Crippen LogP contribution in [-0.2, 0) is 32.1 Å². The normalized spacial score (nSPS) is 18.0. The number of tetrazole rings is 1. The number of hydrogen-bond donors (Lipinski definition) is 2. The Bertz CT molecular complexity index is 1590. The molecule has 3 aromatic rings. The minimum atomic E-state index is -0.871. The van der Waals surface area contributed by atoms with Crippen LogP contribution in [0, 0.1) is 0 Å². The maximum Gasteiger partial charge on any atom is 0.254 e. The number of morpholine rings is 1. The van der Waals surface area contributed by atoms with E-state index in [0.29, 0.717) is 81.9 Å². The number of Topliss-reactive ketones (excluding diaryl/α,β-unsaturated/α-hetero) is 1. The molecule has 0 spiro atoms. The maximum atomic E-state index is 13.6. The van der Waals surface area contributed by atoms with Crippen molar-refractivity contribution in [3.63, 3.8) is 0 Å². The molecule has 2 N–H and O–H groups in total. The van der Waals surface area contributed by atoms with Gasteiger partial charge in [-0.2, -0.15) is 0 Å². The lowest BCUT2D eigenvalue weighted by Gasteiger charge is -2.31. The summed E-state index contributed by atoms with van der Waals surface area (Å²) in [6.07, 6.45) is 2.57. The zero-order chi connectivity index (χ0) is 34.0. The van der Waals surface area contributed by atoms with Crippen LogP contribution in [0.4, 0.5) is 0 Å². The van der Waals surface area contributed by atoms with Crippen LogP contribution in [0.3, 0.4) is 0 Å². The molecule has 14 nitrogen and oxygen atoms in total. The van der Waals surface area contributed by atoms with Gasteiger partial charge in [-0.25, -0.2) is 4.68 Å². The summed E-state index contributed by atoms with van der Waals surface area (Å²) in [5.41, 5.74) is 1.79. The molecular formula is C34H42N8O6. The van der Waals surface area contributed by atoms with Crippen LogP contribution < -0.4 is 10.6 Å². The van der Waals surface area contributed by atoms with Gasteiger partial charge in [-0.1, -0.05) is 37.3 Å². The first kappa shape index (κ1) is 34.4. The smallest absolute Gasteiger partial charge is 0.254 e. The molecule has 1 aromatic heterocycles. The number of hydrogen-bond acceptors (Lipinski definition) is 9. The fraction of sp³-hybridized carbons (Fsp3) is 0.471. The number of likely N-dealkylation sites (tertiary alicyclic amines) is 1. The Labute approximate surface area is 279 Å². The van der Waals surface area contributed by atoms with Crippen molar-refractivity contribution in [2.45, 2.75) is 70.6 Å². The molecule has 2 saturated heterocycles. The second-order valence-electron chi connectivity index (χ2n) is 12.1. The Morgan fingerprint density at radius 3 is 2.38 bits per heavy atom. The van der Waals surface area contributed by atoms with Crippen molar-refractivity contribution in [1.29, 1.82) is 0 Å². The first-order valence-corrected chi connectivity index (χ1v) is 16.5. The molecule has 3 heterocycles. The van der Waals surface area contributed by atoms with Gasteiger partial charge >= 0.3 is 0 Å². The minimum Gasteiger partial charge on any atom is -0.378 e. The second-order valence-corrected chi connectivity index (χ2v) is 12.1. The average Bonchev–Trinajstić information content (AvgIpc) is 3.46. The number of ketones is 1. The van der Waals surface area contributed by atoms with Gasteiger partial charge in [0.15, 0.2) is 11.6 Å². The Morgan fingerprint density at radius 1 is 0.958 bits per heavy atom. The van der Waals surface area contributed by atoms with E-state index in [1.165, 1.54) is 9.58 Å². The van der Waals surface area contributed by atoms with Crippen LogP contribution in [0.5, 0.6) is 0 Å². The van der Waals surface area contributed by atoms with E-state index in [4.69, 9.17) is 4.74 Å². The van der Waals surface area contributed by atoms with Gasteiger partial charge in [-0.3, -0.25) is 24.0 Å². The van der Waals surface area contributed by atoms with Crippen LogP contribution in [0.25, 0.3) is 0 Å². The molecular weight excluding hydrogens is 616 g/mol. The summed E-state index contributed by atoms with van der Waals surface area (Å²) in [4.78, 5) is 69.4. The quantitative estimate of drug-likeness (QED) is 0.292. The van der Waals surface area contributed by atoms with E-state index in [1.807, 2.05) is 30.3 Å². The fourth-order valence-electron chi connectivity index (χ4n) is 5.89. The molecule has 4 amide bonds. The number of ether oxygens (including phenoxy) is 1. The van der Waals surface area contributed by atoms with Gasteiger partial charge in [-0.05, 0) is 72.9 Å². The van der Waals surface area contributed by atoms with Crippen LogP contribution in [0.2, 0.25) is 0 Å². The number of carbonyl (C=O) groups excluding carboxylic acids is 5. The van der Waals surface area contributed by atoms with Crippen molar-refractivity contribution in [1.82, 2.24) is 40.6 Å². The molecule has 2 aliphatic heterocycles. The summed E-state index contributed by atoms with van der Waals surface area (Å²) in [6, 6.07) is 13.5. The van der Waals surface area contributed by atoms with Gasteiger partial charge in [0.1, 0.15) is 18.6 Å². The van der Waals surface area contributed by atoms with E-state index in [0.717, 1.165) is 5.56 Å². The van der Waals surface area contributed by atoms with Crippen molar-refractivity contribution < 1.29 is 28.7 Å². The van der Waals surface area contributed by atoms with Crippen molar-refractivity contribution in [2.75, 3.05) is 32.8 Å². The highest BCUT2D eigenvalue weighted by atomic mass is 16.5. The van der Waals surface area contributed by atoms with Crippen LogP contribution in [-0.4, -0.2) is 110 Å². The van der Waals surface area contributed by atoms with E-state index >= 15 is 0 Å². The topological polar surface area (TPSA) is 169 Å². The highest BCUT2D eigenvalue weighted by Gasteiger charge is 2.35. The standard InChI is InChI=1S/C34H42N8O6/c1-3-27(29(43)22-42-30(37-38-39-42)21-24-9-5-4-6-10-24)35-31(44)23(2)41-16-8-7-11-28(34(41)47)36-32(45)25-12-14-26(15-13-25)33(46)40-17-19-48-20-18-40/h4-6,9-10,12-15,23,27-28H,3,7-8,11,16-22H2,1-2H3,(H,35,44)(H,36,45)/t23?,27?,28-/m0/s1. The molecule has 14 heteroatoms. The number of nitrogens with one attached hydrogen (secondary N) is 2. The number of rotatable bonds is 12. The summed E-state index contributed by atoms with van der Waals surface area (Å²) < 4.78 is 6.75. The summed E-state index contributed by atoms with van der Waals surface area (Å²) in [5, 5.41) is 17.4. The van der Waals surface area contributed by atoms with E-state index in [-0.39, 0.29) is 24.1 Å². The second kappa shape index (κ2) is 16.2. The first-order valence-electron chi connectivity index (χ1n) is 16.5. The third-order valence-electron chi connectivity index (χ3n) is 8.80. The lowest BCUT2D eigenvalue weighted by Crippen LogP contribution is -2.56. The van der Waals surface area contributed by atoms with Gasteiger partial charge in [0.05, 0.1) is 19.3 Å². The highest BCUT2D eigenvalue weighted by Crippen LogP contribution is 2.17. The van der Waals surface area contributed by atoms with Gasteiger partial charge < -0.3 is 25.2 Å². The molecule has 0 bridgehead atoms. The number of carbonyl (C=O) groups is 5. The molecule has 2 aliphatic rings. The Morgan fingerprint density at radius 2 is 1.67 bits per heavy atom. The van der Waals surface area contributed by atoms with Gasteiger partial charge in [-0.15, -0.1) is 5.10 Å². The first-order chi connectivity index (χ1) is 23.2. The largest absolute Gasteiger partial charge is 0.378 e. The average molecular weight is 659 g/mol. The zero-order valence-electron chi connectivity index (χ0n) is 27.3. The van der Waals surface area contributed by atoms with Crippen LogP contribution >= 0.6 is 0 Å². The molecule has 3 atom stereocenters. The fourth-order valence-corrected chi connectivity index (χ4v) is 5.89. The Hall–Kier alpha value is -4.98. The lowest BCUT2D eigenvalue weighted by molar-refractivity contribution is -0.141. The van der Waals surface area contributed by atoms with Crippen molar-refractivity contribution in [2.24, 2.45) is 0 Å². The third kappa shape index (κ3) is 8.48. The van der Waals surface area contributed by atoms with Gasteiger partial charge in [0.2, 0.25) is 11.8 Å². The predicted octanol–water partition coefficient (Wildman–Crippen LogP) is 1.40. The number of aromatic nitrogens is 4. The molecule has 5 rings (SSSR count). The number of nitrogens with zero attached hydrogens (tertiary/aromatic N) is 6. The molecule has 0 aliphatic carbocycles. The zero-order valence-corrected chi connectivity index (χ0v) is 27.3. The molecule has 2 aromatic carbocycles. The number of benzene rings is 2. The van der Waals surface area contributed by atoms with Crippen LogP contribution in [0.15, 0.2) is 54.6 Å². The number of amides is 4. The van der Waals surface area contributed by atoms with Crippen molar-refractivity contribution in [3.05, 3.63) is 77.1 Å². The molecule has 0 saturated carbocycles.